The van der Waals surface area contributed by atoms with E-state index in [4.69, 9.17) is 5.73 Å². The first-order valence-corrected chi connectivity index (χ1v) is 6.42. The first-order chi connectivity index (χ1) is 9.65. The van der Waals surface area contributed by atoms with Gasteiger partial charge >= 0.3 is 5.97 Å². The van der Waals surface area contributed by atoms with Crippen LogP contribution in [0.15, 0.2) is 0 Å². The molecule has 9 heteroatoms. The second kappa shape index (κ2) is 8.90. The summed E-state index contributed by atoms with van der Waals surface area (Å²) in [6.45, 7) is 5.36. The van der Waals surface area contributed by atoms with Gasteiger partial charge in [0.25, 0.3) is 0 Å². The Morgan fingerprint density at radius 3 is 1.90 bits per heavy atom. The molecule has 0 aromatic carbocycles. The molecule has 0 bridgehead atoms. The van der Waals surface area contributed by atoms with Crippen molar-refractivity contribution in [2.45, 2.75) is 45.8 Å². The Bertz CT molecular complexity index is 410. The fraction of sp³-hybridized carbons (Fsp3) is 0.667. The highest BCUT2D eigenvalue weighted by Crippen LogP contribution is 1.89. The zero-order valence-corrected chi connectivity index (χ0v) is 12.6. The second-order valence-electron chi connectivity index (χ2n) is 4.57. The molecule has 21 heavy (non-hydrogen) atoms. The van der Waals surface area contributed by atoms with Gasteiger partial charge in [0.15, 0.2) is 6.73 Å². The van der Waals surface area contributed by atoms with Crippen LogP contribution in [-0.4, -0.2) is 48.5 Å². The van der Waals surface area contributed by atoms with Crippen LogP contribution in [0.25, 0.3) is 0 Å². The minimum atomic E-state index is -0.845. The molecule has 0 fully saturated rings. The highest BCUT2D eigenvalue weighted by molar-refractivity contribution is 5.92. The van der Waals surface area contributed by atoms with Crippen molar-refractivity contribution < 1.29 is 23.9 Å². The molecule has 0 unspecified atom stereocenters. The molecule has 0 aromatic rings. The van der Waals surface area contributed by atoms with Gasteiger partial charge in [-0.25, -0.2) is 0 Å². The van der Waals surface area contributed by atoms with Crippen LogP contribution in [0.3, 0.4) is 0 Å². The molecule has 3 atom stereocenters. The predicted octanol–water partition coefficient (Wildman–Crippen LogP) is -2.02. The number of rotatable bonds is 7. The van der Waals surface area contributed by atoms with E-state index >= 15 is 0 Å². The summed E-state index contributed by atoms with van der Waals surface area (Å²) < 4.78 is 4.54. The number of carbonyl (C=O) groups is 4. The number of ether oxygens (including phenoxy) is 1. The lowest BCUT2D eigenvalue weighted by Crippen LogP contribution is -2.53. The number of carbonyl (C=O) groups excluding carboxylic acids is 4. The molecule has 3 amide bonds. The van der Waals surface area contributed by atoms with Crippen molar-refractivity contribution in [3.8, 4) is 0 Å². The first-order valence-electron chi connectivity index (χ1n) is 6.42. The predicted molar refractivity (Wildman–Crippen MR) is 73.6 cm³/mol. The average Bonchev–Trinajstić information content (AvgIpc) is 2.37. The van der Waals surface area contributed by atoms with E-state index in [1.807, 2.05) is 0 Å². The number of amides is 3. The molecule has 9 nitrogen and oxygen atoms in total. The van der Waals surface area contributed by atoms with E-state index in [-0.39, 0.29) is 6.73 Å². The summed E-state index contributed by atoms with van der Waals surface area (Å²) in [5.74, 6) is -2.04. The maximum Gasteiger partial charge on any atom is 0.304 e. The molecule has 120 valence electrons. The van der Waals surface area contributed by atoms with E-state index in [9.17, 15) is 19.2 Å². The summed E-state index contributed by atoms with van der Waals surface area (Å²) in [6, 6.07) is -2.40. The Kier molecular flexibility index (Phi) is 7.99. The van der Waals surface area contributed by atoms with Gasteiger partial charge in [0.2, 0.25) is 17.7 Å². The van der Waals surface area contributed by atoms with Gasteiger partial charge < -0.3 is 26.4 Å². The molecule has 5 N–H and O–H groups in total. The van der Waals surface area contributed by atoms with Gasteiger partial charge in [-0.1, -0.05) is 0 Å². The van der Waals surface area contributed by atoms with Gasteiger partial charge in [-0.3, -0.25) is 19.2 Å². The van der Waals surface area contributed by atoms with Crippen LogP contribution in [0.4, 0.5) is 0 Å². The van der Waals surface area contributed by atoms with Crippen LogP contribution in [0.2, 0.25) is 0 Å². The monoisotopic (exact) mass is 302 g/mol. The second-order valence-corrected chi connectivity index (χ2v) is 4.57. The molecule has 0 saturated carbocycles. The molecule has 0 rings (SSSR count). The van der Waals surface area contributed by atoms with Gasteiger partial charge in [0.1, 0.15) is 12.1 Å². The third-order valence-electron chi connectivity index (χ3n) is 2.44. The molecule has 0 aliphatic heterocycles. The molecule has 0 saturated heterocycles. The normalized spacial score (nSPS) is 14.3. The van der Waals surface area contributed by atoms with Crippen molar-refractivity contribution in [1.29, 1.82) is 0 Å². The van der Waals surface area contributed by atoms with E-state index in [2.05, 4.69) is 20.7 Å². The SMILES string of the molecule is CC(=O)OCNC(=O)[C@H](C)NC(=O)[C@@H](C)NC(=O)[C@H](C)N. The number of esters is 1. The van der Waals surface area contributed by atoms with E-state index in [1.165, 1.54) is 27.7 Å². The minimum Gasteiger partial charge on any atom is -0.445 e. The number of nitrogens with one attached hydrogen (secondary N) is 3. The summed E-state index contributed by atoms with van der Waals surface area (Å²) in [6.07, 6.45) is 0. The van der Waals surface area contributed by atoms with Crippen LogP contribution in [0.5, 0.6) is 0 Å². The Labute approximate surface area is 123 Å². The maximum atomic E-state index is 11.8. The lowest BCUT2D eigenvalue weighted by molar-refractivity contribution is -0.143. The fourth-order valence-electron chi connectivity index (χ4n) is 1.18. The maximum absolute atomic E-state index is 11.8. The van der Waals surface area contributed by atoms with Crippen LogP contribution in [-0.2, 0) is 23.9 Å². The highest BCUT2D eigenvalue weighted by Gasteiger charge is 2.21. The molecule has 0 spiro atoms. The van der Waals surface area contributed by atoms with Gasteiger partial charge in [0.05, 0.1) is 6.04 Å². The molecular formula is C12H22N4O5. The third kappa shape index (κ3) is 7.88. The molecular weight excluding hydrogens is 280 g/mol. The van der Waals surface area contributed by atoms with Crippen molar-refractivity contribution in [2.75, 3.05) is 6.73 Å². The topological polar surface area (TPSA) is 140 Å². The summed E-state index contributed by atoms with van der Waals surface area (Å²) in [5.41, 5.74) is 5.36. The summed E-state index contributed by atoms with van der Waals surface area (Å²) in [5, 5.41) is 7.13. The van der Waals surface area contributed by atoms with Gasteiger partial charge in [-0.2, -0.15) is 0 Å². The zero-order chi connectivity index (χ0) is 16.6. The highest BCUT2D eigenvalue weighted by atomic mass is 16.5. The minimum absolute atomic E-state index is 0.272. The van der Waals surface area contributed by atoms with Crippen LogP contribution >= 0.6 is 0 Å². The summed E-state index contributed by atoms with van der Waals surface area (Å²) in [4.78, 5) is 45.2. The Morgan fingerprint density at radius 2 is 1.43 bits per heavy atom. The number of hydrogen-bond donors (Lipinski definition) is 4. The average molecular weight is 302 g/mol. The standard InChI is InChI=1S/C12H22N4O5/c1-6(13)10(18)15-8(3)12(20)16-7(2)11(19)14-5-21-9(4)17/h6-8H,5,13H2,1-4H3,(H,14,19)(H,15,18)(H,16,20)/t6-,7-,8+/m0/s1. The van der Waals surface area contributed by atoms with E-state index in [0.29, 0.717) is 0 Å². The van der Waals surface area contributed by atoms with Crippen LogP contribution in [0.1, 0.15) is 27.7 Å². The quantitative estimate of drug-likeness (QED) is 0.316. The van der Waals surface area contributed by atoms with Crippen molar-refractivity contribution in [3.05, 3.63) is 0 Å². The van der Waals surface area contributed by atoms with Crippen molar-refractivity contribution in [3.63, 3.8) is 0 Å². The van der Waals surface area contributed by atoms with Gasteiger partial charge in [-0.05, 0) is 20.8 Å². The molecule has 0 aliphatic carbocycles. The summed E-state index contributed by atoms with van der Waals surface area (Å²) >= 11 is 0. The van der Waals surface area contributed by atoms with Gasteiger partial charge in [-0.15, -0.1) is 0 Å². The zero-order valence-electron chi connectivity index (χ0n) is 12.6. The third-order valence-corrected chi connectivity index (χ3v) is 2.44. The molecule has 0 heterocycles. The Balaban J connectivity index is 4.21. The summed E-state index contributed by atoms with van der Waals surface area (Å²) in [7, 11) is 0. The van der Waals surface area contributed by atoms with Crippen molar-refractivity contribution >= 4 is 23.7 Å². The first kappa shape index (κ1) is 18.8. The number of hydrogen-bond acceptors (Lipinski definition) is 6. The molecule has 0 aliphatic rings. The van der Waals surface area contributed by atoms with Crippen molar-refractivity contribution in [1.82, 2.24) is 16.0 Å². The van der Waals surface area contributed by atoms with Crippen LogP contribution in [0, 0.1) is 0 Å². The Morgan fingerprint density at radius 1 is 0.952 bits per heavy atom. The van der Waals surface area contributed by atoms with Crippen molar-refractivity contribution in [2.24, 2.45) is 5.73 Å². The van der Waals surface area contributed by atoms with Gasteiger partial charge in [0, 0.05) is 6.92 Å². The number of nitrogens with two attached hydrogens (primary N) is 1. The lowest BCUT2D eigenvalue weighted by Gasteiger charge is -2.19. The Hall–Kier alpha value is -2.16. The van der Waals surface area contributed by atoms with E-state index < -0.39 is 41.8 Å². The lowest BCUT2D eigenvalue weighted by atomic mass is 10.2. The largest absolute Gasteiger partial charge is 0.445 e. The fourth-order valence-corrected chi connectivity index (χ4v) is 1.18. The van der Waals surface area contributed by atoms with E-state index in [1.54, 1.807) is 0 Å². The molecule has 0 radical (unpaired) electrons. The smallest absolute Gasteiger partial charge is 0.304 e. The van der Waals surface area contributed by atoms with Crippen LogP contribution < -0.4 is 21.7 Å². The molecule has 0 aromatic heterocycles. The van der Waals surface area contributed by atoms with E-state index in [0.717, 1.165) is 0 Å².